The van der Waals surface area contributed by atoms with E-state index in [9.17, 15) is 0 Å². The fraction of sp³-hybridized carbons (Fsp3) is 0.389. The lowest BCUT2D eigenvalue weighted by molar-refractivity contribution is 0.503. The average Bonchev–Trinajstić information content (AvgIpc) is 2.96. The monoisotopic (exact) mass is 294 g/mol. The minimum absolute atomic E-state index is 0.691. The molecule has 22 heavy (non-hydrogen) atoms. The Morgan fingerprint density at radius 2 is 1.82 bits per heavy atom. The quantitative estimate of drug-likeness (QED) is 0.921. The van der Waals surface area contributed by atoms with Gasteiger partial charge in [0.1, 0.15) is 5.82 Å². The maximum Gasteiger partial charge on any atom is 0.155 e. The minimum atomic E-state index is 0.691. The minimum Gasteiger partial charge on any atom is -0.365 e. The molecule has 0 atom stereocenters. The van der Waals surface area contributed by atoms with Gasteiger partial charge in [-0.05, 0) is 36.5 Å². The van der Waals surface area contributed by atoms with Gasteiger partial charge in [-0.2, -0.15) is 0 Å². The largest absolute Gasteiger partial charge is 0.365 e. The van der Waals surface area contributed by atoms with E-state index in [1.54, 1.807) is 0 Å². The molecule has 114 valence electrons. The lowest BCUT2D eigenvalue weighted by Crippen LogP contribution is -2.33. The van der Waals surface area contributed by atoms with E-state index in [2.05, 4.69) is 64.6 Å². The normalized spacial score (nSPS) is 18.2. The lowest BCUT2D eigenvalue weighted by Gasteiger charge is -2.33. The first-order valence-corrected chi connectivity index (χ1v) is 8.07. The van der Waals surface area contributed by atoms with E-state index in [0.717, 1.165) is 37.1 Å². The highest BCUT2D eigenvalue weighted by Crippen LogP contribution is 2.33. The third-order valence-corrected chi connectivity index (χ3v) is 4.82. The highest BCUT2D eigenvalue weighted by Gasteiger charge is 2.23. The molecule has 0 unspecified atom stereocenters. The van der Waals surface area contributed by atoms with Crippen molar-refractivity contribution in [3.05, 3.63) is 48.0 Å². The topological polar surface area (TPSA) is 31.4 Å². The zero-order chi connectivity index (χ0) is 14.9. The van der Waals surface area contributed by atoms with Gasteiger partial charge in [0.2, 0.25) is 0 Å². The Kier molecular flexibility index (Phi) is 3.37. The van der Waals surface area contributed by atoms with Crippen molar-refractivity contribution in [3.8, 4) is 0 Å². The van der Waals surface area contributed by atoms with Gasteiger partial charge in [-0.1, -0.05) is 30.3 Å². The number of hydrogen-bond donors (Lipinski definition) is 1. The Morgan fingerprint density at radius 1 is 1.05 bits per heavy atom. The summed E-state index contributed by atoms with van der Waals surface area (Å²) in [5.41, 5.74) is 2.62. The molecule has 0 radical (unpaired) electrons. The van der Waals surface area contributed by atoms with Crippen molar-refractivity contribution < 1.29 is 0 Å². The number of nitrogens with zero attached hydrogens (tertiary/aromatic N) is 3. The molecule has 1 N–H and O–H groups in total. The van der Waals surface area contributed by atoms with Crippen LogP contribution in [-0.4, -0.2) is 31.8 Å². The van der Waals surface area contributed by atoms with E-state index >= 15 is 0 Å². The zero-order valence-electron chi connectivity index (χ0n) is 13.0. The van der Waals surface area contributed by atoms with Crippen molar-refractivity contribution >= 4 is 17.3 Å². The molecule has 3 heterocycles. The number of piperidine rings is 1. The predicted octanol–water partition coefficient (Wildman–Crippen LogP) is 3.28. The summed E-state index contributed by atoms with van der Waals surface area (Å²) in [4.78, 5) is 9.43. The van der Waals surface area contributed by atoms with E-state index in [-0.39, 0.29) is 0 Å². The van der Waals surface area contributed by atoms with Crippen LogP contribution >= 0.6 is 0 Å². The zero-order valence-corrected chi connectivity index (χ0v) is 13.0. The number of pyridine rings is 1. The molecule has 0 amide bonds. The van der Waals surface area contributed by atoms with Gasteiger partial charge in [0.15, 0.2) is 5.82 Å². The van der Waals surface area contributed by atoms with Crippen molar-refractivity contribution in [2.24, 2.45) is 0 Å². The second-order valence-corrected chi connectivity index (χ2v) is 6.25. The van der Waals surface area contributed by atoms with E-state index in [1.807, 2.05) is 0 Å². The van der Waals surface area contributed by atoms with E-state index < -0.39 is 0 Å². The molecule has 4 rings (SSSR count). The first-order chi connectivity index (χ1) is 10.8. The molecule has 1 saturated heterocycles. The number of nitrogens with one attached hydrogen (secondary N) is 1. The summed E-state index contributed by atoms with van der Waals surface area (Å²) in [6.45, 7) is 3.02. The van der Waals surface area contributed by atoms with Crippen molar-refractivity contribution in [2.75, 3.05) is 41.9 Å². The maximum atomic E-state index is 4.85. The number of rotatable bonds is 2. The van der Waals surface area contributed by atoms with Crippen LogP contribution < -0.4 is 15.1 Å². The molecule has 0 spiro atoms. The number of aromatic nitrogens is 1. The summed E-state index contributed by atoms with van der Waals surface area (Å²) in [6, 6.07) is 15.2. The van der Waals surface area contributed by atoms with E-state index in [4.69, 9.17) is 4.98 Å². The molecule has 4 nitrogen and oxygen atoms in total. The second kappa shape index (κ2) is 5.52. The van der Waals surface area contributed by atoms with Gasteiger partial charge in [0.25, 0.3) is 0 Å². The first-order valence-electron chi connectivity index (χ1n) is 8.07. The highest BCUT2D eigenvalue weighted by atomic mass is 15.3. The number of benzene rings is 1. The summed E-state index contributed by atoms with van der Waals surface area (Å²) in [6.07, 6.45) is 2.41. The molecular formula is C18H22N4. The van der Waals surface area contributed by atoms with Crippen LogP contribution in [0.5, 0.6) is 0 Å². The predicted molar refractivity (Wildman–Crippen MR) is 91.8 cm³/mol. The SMILES string of the molecule is CN1CNc2ccc(N3CCC(c4ccccc4)CC3)nc21. The summed E-state index contributed by atoms with van der Waals surface area (Å²) in [5.74, 6) is 2.87. The van der Waals surface area contributed by atoms with Gasteiger partial charge in [0.05, 0.1) is 12.4 Å². The molecule has 4 heteroatoms. The molecule has 2 aliphatic heterocycles. The van der Waals surface area contributed by atoms with Gasteiger partial charge < -0.3 is 15.1 Å². The molecule has 0 aliphatic carbocycles. The van der Waals surface area contributed by atoms with Crippen LogP contribution in [-0.2, 0) is 0 Å². The Labute approximate surface area is 131 Å². The van der Waals surface area contributed by atoms with Gasteiger partial charge in [-0.15, -0.1) is 0 Å². The van der Waals surface area contributed by atoms with E-state index in [0.29, 0.717) is 5.92 Å². The molecule has 2 aliphatic rings. The van der Waals surface area contributed by atoms with Crippen LogP contribution in [0.1, 0.15) is 24.3 Å². The number of fused-ring (bicyclic) bond motifs is 1. The van der Waals surface area contributed by atoms with Crippen LogP contribution in [0.3, 0.4) is 0 Å². The molecule has 1 aromatic carbocycles. The Bertz CT molecular complexity index is 647. The van der Waals surface area contributed by atoms with Gasteiger partial charge >= 0.3 is 0 Å². The first kappa shape index (κ1) is 13.4. The van der Waals surface area contributed by atoms with Gasteiger partial charge in [0, 0.05) is 20.1 Å². The molecular weight excluding hydrogens is 272 g/mol. The van der Waals surface area contributed by atoms with Gasteiger partial charge in [-0.3, -0.25) is 0 Å². The van der Waals surface area contributed by atoms with Crippen molar-refractivity contribution in [1.82, 2.24) is 4.98 Å². The standard InChI is InChI=1S/C18H22N4/c1-21-13-19-16-7-8-17(20-18(16)21)22-11-9-15(10-12-22)14-5-3-2-4-6-14/h2-8,15,19H,9-13H2,1H3. The van der Waals surface area contributed by atoms with Crippen molar-refractivity contribution in [3.63, 3.8) is 0 Å². The van der Waals surface area contributed by atoms with Gasteiger partial charge in [-0.25, -0.2) is 4.98 Å². The third kappa shape index (κ3) is 2.39. The van der Waals surface area contributed by atoms with Crippen LogP contribution in [0.2, 0.25) is 0 Å². The molecule has 1 aromatic heterocycles. The average molecular weight is 294 g/mol. The Hall–Kier alpha value is -2.23. The molecule has 0 bridgehead atoms. The third-order valence-electron chi connectivity index (χ3n) is 4.82. The van der Waals surface area contributed by atoms with Crippen LogP contribution in [0.15, 0.2) is 42.5 Å². The summed E-state index contributed by atoms with van der Waals surface area (Å²) < 4.78 is 0. The molecule has 1 fully saturated rings. The summed E-state index contributed by atoms with van der Waals surface area (Å²) in [7, 11) is 2.08. The summed E-state index contributed by atoms with van der Waals surface area (Å²) in [5, 5.41) is 3.35. The fourth-order valence-corrected chi connectivity index (χ4v) is 3.49. The summed E-state index contributed by atoms with van der Waals surface area (Å²) >= 11 is 0. The maximum absolute atomic E-state index is 4.85. The fourth-order valence-electron chi connectivity index (χ4n) is 3.49. The molecule has 0 saturated carbocycles. The van der Waals surface area contributed by atoms with Crippen molar-refractivity contribution in [2.45, 2.75) is 18.8 Å². The lowest BCUT2D eigenvalue weighted by atomic mass is 9.89. The van der Waals surface area contributed by atoms with Crippen LogP contribution in [0.25, 0.3) is 0 Å². The smallest absolute Gasteiger partial charge is 0.155 e. The molecule has 2 aromatic rings. The highest BCUT2D eigenvalue weighted by molar-refractivity contribution is 5.72. The number of anilines is 3. The number of hydrogen-bond acceptors (Lipinski definition) is 4. The Balaban J connectivity index is 1.47. The van der Waals surface area contributed by atoms with Crippen LogP contribution in [0.4, 0.5) is 17.3 Å². The Morgan fingerprint density at radius 3 is 2.59 bits per heavy atom. The van der Waals surface area contributed by atoms with Crippen LogP contribution in [0, 0.1) is 0 Å². The van der Waals surface area contributed by atoms with E-state index in [1.165, 1.54) is 18.4 Å². The second-order valence-electron chi connectivity index (χ2n) is 6.25. The van der Waals surface area contributed by atoms with Crippen molar-refractivity contribution in [1.29, 1.82) is 0 Å².